The fraction of sp³-hybridized carbons (Fsp3) is 0.400. The molecule has 0 aliphatic carbocycles. The Morgan fingerprint density at radius 3 is 2.75 bits per heavy atom. The summed E-state index contributed by atoms with van der Waals surface area (Å²) < 4.78 is 6.90. The fourth-order valence-electron chi connectivity index (χ4n) is 2.37. The Bertz CT molecular complexity index is 673. The number of aromatic nitrogens is 2. The lowest BCUT2D eigenvalue weighted by Gasteiger charge is -2.13. The summed E-state index contributed by atoms with van der Waals surface area (Å²) in [6, 6.07) is 3.23. The zero-order valence-corrected chi connectivity index (χ0v) is 12.1. The van der Waals surface area contributed by atoms with Crippen molar-refractivity contribution in [2.24, 2.45) is 0 Å². The summed E-state index contributed by atoms with van der Waals surface area (Å²) in [5.74, 6) is -0.358. The Hall–Kier alpha value is -2.17. The van der Waals surface area contributed by atoms with Crippen molar-refractivity contribution in [2.75, 3.05) is 6.61 Å². The van der Waals surface area contributed by atoms with Gasteiger partial charge in [0.05, 0.1) is 18.2 Å². The smallest absolute Gasteiger partial charge is 0.340 e. The molecule has 0 aliphatic rings. The second kappa shape index (κ2) is 5.45. The summed E-state index contributed by atoms with van der Waals surface area (Å²) in [6.45, 7) is 7.23. The maximum absolute atomic E-state index is 12.1. The number of nitrogens with zero attached hydrogens (tertiary/aromatic N) is 2. The van der Waals surface area contributed by atoms with Crippen LogP contribution in [0.25, 0.3) is 11.0 Å². The van der Waals surface area contributed by atoms with Gasteiger partial charge in [0.1, 0.15) is 5.65 Å². The van der Waals surface area contributed by atoms with E-state index in [2.05, 4.69) is 4.98 Å². The molecular weight excluding hydrogens is 256 g/mol. The van der Waals surface area contributed by atoms with E-state index in [1.807, 2.05) is 13.0 Å². The number of fused-ring (bicyclic) bond motifs is 1. The van der Waals surface area contributed by atoms with E-state index < -0.39 is 0 Å². The summed E-state index contributed by atoms with van der Waals surface area (Å²) in [5, 5.41) is 0.719. The zero-order chi connectivity index (χ0) is 14.9. The highest BCUT2D eigenvalue weighted by Crippen LogP contribution is 2.28. The van der Waals surface area contributed by atoms with Crippen molar-refractivity contribution in [3.63, 3.8) is 0 Å². The highest BCUT2D eigenvalue weighted by molar-refractivity contribution is 6.05. The zero-order valence-electron chi connectivity index (χ0n) is 12.1. The van der Waals surface area contributed by atoms with Crippen molar-refractivity contribution < 1.29 is 14.3 Å². The normalized spacial score (nSPS) is 12.4. The molecule has 0 saturated heterocycles. The molecule has 0 saturated carbocycles. The van der Waals surface area contributed by atoms with Crippen molar-refractivity contribution in [2.45, 2.75) is 33.7 Å². The molecule has 2 rings (SSSR count). The minimum atomic E-state index is -0.377. The van der Waals surface area contributed by atoms with Crippen LogP contribution in [0.3, 0.4) is 0 Å². The van der Waals surface area contributed by atoms with E-state index in [0.717, 1.165) is 5.39 Å². The maximum atomic E-state index is 12.1. The van der Waals surface area contributed by atoms with Crippen LogP contribution in [0.5, 0.6) is 0 Å². The lowest BCUT2D eigenvalue weighted by atomic mass is 10.2. The average molecular weight is 274 g/mol. The summed E-state index contributed by atoms with van der Waals surface area (Å²) >= 11 is 0. The number of carbonyl (C=O) groups is 2. The summed E-state index contributed by atoms with van der Waals surface area (Å²) in [5.41, 5.74) is 1.83. The molecule has 1 atom stereocenters. The number of pyridine rings is 1. The van der Waals surface area contributed by atoms with Crippen molar-refractivity contribution in [1.29, 1.82) is 0 Å². The van der Waals surface area contributed by atoms with Crippen molar-refractivity contribution in [3.8, 4) is 0 Å². The van der Waals surface area contributed by atoms with Gasteiger partial charge < -0.3 is 9.30 Å². The fourth-order valence-corrected chi connectivity index (χ4v) is 2.37. The molecule has 1 unspecified atom stereocenters. The van der Waals surface area contributed by atoms with Gasteiger partial charge in [-0.3, -0.25) is 4.79 Å². The largest absolute Gasteiger partial charge is 0.462 e. The third-order valence-corrected chi connectivity index (χ3v) is 3.46. The first-order valence-electron chi connectivity index (χ1n) is 6.62. The predicted octanol–water partition coefficient (Wildman–Crippen LogP) is 2.67. The number of hydrogen-bond donors (Lipinski definition) is 0. The van der Waals surface area contributed by atoms with Gasteiger partial charge in [0.25, 0.3) is 0 Å². The van der Waals surface area contributed by atoms with Gasteiger partial charge in [-0.1, -0.05) is 0 Å². The highest BCUT2D eigenvalue weighted by Gasteiger charge is 2.25. The SMILES string of the molecule is CCOC(=O)c1c(C)n(C(C)C(C)=O)c2ncccc12. The lowest BCUT2D eigenvalue weighted by Crippen LogP contribution is -2.16. The number of ketones is 1. The Kier molecular flexibility index (Phi) is 3.88. The first kappa shape index (κ1) is 14.2. The Morgan fingerprint density at radius 2 is 2.15 bits per heavy atom. The third-order valence-electron chi connectivity index (χ3n) is 3.46. The number of carbonyl (C=O) groups excluding carboxylic acids is 2. The van der Waals surface area contributed by atoms with E-state index in [4.69, 9.17) is 4.74 Å². The molecule has 0 aromatic carbocycles. The van der Waals surface area contributed by atoms with E-state index in [9.17, 15) is 9.59 Å². The Labute approximate surface area is 117 Å². The Morgan fingerprint density at radius 1 is 1.45 bits per heavy atom. The first-order valence-corrected chi connectivity index (χ1v) is 6.62. The maximum Gasteiger partial charge on any atom is 0.340 e. The van der Waals surface area contributed by atoms with Crippen LogP contribution in [-0.2, 0) is 9.53 Å². The molecule has 0 N–H and O–H groups in total. The molecule has 2 aromatic heterocycles. The summed E-state index contributed by atoms with van der Waals surface area (Å²) in [6.07, 6.45) is 1.65. The van der Waals surface area contributed by atoms with E-state index in [1.165, 1.54) is 6.92 Å². The summed E-state index contributed by atoms with van der Waals surface area (Å²) in [4.78, 5) is 28.1. The molecule has 0 amide bonds. The number of esters is 1. The topological polar surface area (TPSA) is 61.2 Å². The standard InChI is InChI=1S/C15H18N2O3/c1-5-20-15(19)13-10(3)17(9(2)11(4)18)14-12(13)7-6-8-16-14/h6-9H,5H2,1-4H3. The minimum Gasteiger partial charge on any atom is -0.462 e. The van der Waals surface area contributed by atoms with Crippen LogP contribution in [0.15, 0.2) is 18.3 Å². The quantitative estimate of drug-likeness (QED) is 0.804. The average Bonchev–Trinajstić information content (AvgIpc) is 2.70. The molecule has 20 heavy (non-hydrogen) atoms. The van der Waals surface area contributed by atoms with Gasteiger partial charge in [-0.15, -0.1) is 0 Å². The minimum absolute atomic E-state index is 0.0195. The van der Waals surface area contributed by atoms with Crippen LogP contribution in [0.4, 0.5) is 0 Å². The van der Waals surface area contributed by atoms with Gasteiger partial charge in [-0.2, -0.15) is 0 Å². The molecule has 2 heterocycles. The van der Waals surface area contributed by atoms with Gasteiger partial charge in [0.15, 0.2) is 5.78 Å². The van der Waals surface area contributed by atoms with Crippen LogP contribution in [-0.4, -0.2) is 27.9 Å². The highest BCUT2D eigenvalue weighted by atomic mass is 16.5. The van der Waals surface area contributed by atoms with Crippen molar-refractivity contribution in [3.05, 3.63) is 29.6 Å². The first-order chi connectivity index (χ1) is 9.49. The number of hydrogen-bond acceptors (Lipinski definition) is 4. The van der Waals surface area contributed by atoms with Crippen LogP contribution < -0.4 is 0 Å². The molecule has 0 fully saturated rings. The van der Waals surface area contributed by atoms with Gasteiger partial charge in [0.2, 0.25) is 0 Å². The molecule has 5 nitrogen and oxygen atoms in total. The van der Waals surface area contributed by atoms with Gasteiger partial charge in [-0.25, -0.2) is 9.78 Å². The number of rotatable bonds is 4. The number of Topliss-reactive ketones (excluding diaryl/α,β-unsaturated/α-hetero) is 1. The molecule has 0 spiro atoms. The van der Waals surface area contributed by atoms with Crippen LogP contribution in [0.2, 0.25) is 0 Å². The van der Waals surface area contributed by atoms with Gasteiger partial charge in [-0.05, 0) is 39.8 Å². The van der Waals surface area contributed by atoms with E-state index >= 15 is 0 Å². The molecule has 106 valence electrons. The van der Waals surface area contributed by atoms with Crippen LogP contribution in [0.1, 0.15) is 42.9 Å². The molecule has 5 heteroatoms. The number of ether oxygens (including phenoxy) is 1. The van der Waals surface area contributed by atoms with E-state index in [1.54, 1.807) is 30.7 Å². The van der Waals surface area contributed by atoms with Crippen molar-refractivity contribution in [1.82, 2.24) is 9.55 Å². The van der Waals surface area contributed by atoms with Gasteiger partial charge >= 0.3 is 5.97 Å². The van der Waals surface area contributed by atoms with Crippen LogP contribution in [0, 0.1) is 6.92 Å². The van der Waals surface area contributed by atoms with Crippen LogP contribution >= 0.6 is 0 Å². The predicted molar refractivity (Wildman–Crippen MR) is 75.8 cm³/mol. The molecule has 0 radical (unpaired) electrons. The van der Waals surface area contributed by atoms with Crippen molar-refractivity contribution >= 4 is 22.8 Å². The Balaban J connectivity index is 2.74. The molecule has 2 aromatic rings. The third kappa shape index (κ3) is 2.19. The van der Waals surface area contributed by atoms with E-state index in [0.29, 0.717) is 23.5 Å². The molecular formula is C15H18N2O3. The monoisotopic (exact) mass is 274 g/mol. The molecule has 0 bridgehead atoms. The van der Waals surface area contributed by atoms with Gasteiger partial charge in [0, 0.05) is 17.3 Å². The second-order valence-electron chi connectivity index (χ2n) is 4.71. The molecule has 0 aliphatic heterocycles. The second-order valence-corrected chi connectivity index (χ2v) is 4.71. The lowest BCUT2D eigenvalue weighted by molar-refractivity contribution is -0.119. The summed E-state index contributed by atoms with van der Waals surface area (Å²) in [7, 11) is 0. The van der Waals surface area contributed by atoms with E-state index in [-0.39, 0.29) is 17.8 Å².